The minimum atomic E-state index is 0.536. The van der Waals surface area contributed by atoms with Gasteiger partial charge in [0.25, 0.3) is 0 Å². The standard InChI is InChI=1S/C10H19N/c11-10-6-2-5-9(7-10)8-3-1-4-8/h8-10H,1-7,11H2. The van der Waals surface area contributed by atoms with Crippen LogP contribution in [-0.4, -0.2) is 6.04 Å². The first-order valence-corrected chi connectivity index (χ1v) is 5.12. The maximum absolute atomic E-state index is 5.94. The van der Waals surface area contributed by atoms with Crippen LogP contribution in [0, 0.1) is 11.8 Å². The van der Waals surface area contributed by atoms with Gasteiger partial charge in [-0.25, -0.2) is 0 Å². The lowest BCUT2D eigenvalue weighted by Crippen LogP contribution is -2.33. The predicted molar refractivity (Wildman–Crippen MR) is 47.3 cm³/mol. The van der Waals surface area contributed by atoms with Crippen LogP contribution in [0.5, 0.6) is 0 Å². The average molecular weight is 153 g/mol. The molecule has 64 valence electrons. The van der Waals surface area contributed by atoms with E-state index in [4.69, 9.17) is 5.73 Å². The fourth-order valence-corrected chi connectivity index (χ4v) is 2.61. The summed E-state index contributed by atoms with van der Waals surface area (Å²) < 4.78 is 0. The maximum atomic E-state index is 5.94. The quantitative estimate of drug-likeness (QED) is 0.614. The van der Waals surface area contributed by atoms with Gasteiger partial charge in [0, 0.05) is 6.04 Å². The molecule has 0 aromatic heterocycles. The fraction of sp³-hybridized carbons (Fsp3) is 1.00. The van der Waals surface area contributed by atoms with E-state index in [1.807, 2.05) is 0 Å². The van der Waals surface area contributed by atoms with E-state index in [2.05, 4.69) is 0 Å². The predicted octanol–water partition coefficient (Wildman–Crippen LogP) is 2.30. The molecule has 2 saturated carbocycles. The molecule has 11 heavy (non-hydrogen) atoms. The summed E-state index contributed by atoms with van der Waals surface area (Å²) in [7, 11) is 0. The van der Waals surface area contributed by atoms with Crippen LogP contribution in [0.4, 0.5) is 0 Å². The first kappa shape index (κ1) is 7.60. The van der Waals surface area contributed by atoms with E-state index in [0.717, 1.165) is 11.8 Å². The van der Waals surface area contributed by atoms with Gasteiger partial charge in [-0.3, -0.25) is 0 Å². The summed E-state index contributed by atoms with van der Waals surface area (Å²) in [5, 5.41) is 0. The van der Waals surface area contributed by atoms with Gasteiger partial charge in [0.05, 0.1) is 0 Å². The second-order valence-corrected chi connectivity index (χ2v) is 4.38. The van der Waals surface area contributed by atoms with Gasteiger partial charge in [0.15, 0.2) is 0 Å². The van der Waals surface area contributed by atoms with Crippen molar-refractivity contribution >= 4 is 0 Å². The van der Waals surface area contributed by atoms with Crippen molar-refractivity contribution in [2.24, 2.45) is 17.6 Å². The van der Waals surface area contributed by atoms with E-state index in [1.165, 1.54) is 44.9 Å². The van der Waals surface area contributed by atoms with Crippen LogP contribution < -0.4 is 5.73 Å². The van der Waals surface area contributed by atoms with E-state index in [-0.39, 0.29) is 0 Å². The summed E-state index contributed by atoms with van der Waals surface area (Å²) in [5.41, 5.74) is 5.94. The molecular weight excluding hydrogens is 134 g/mol. The van der Waals surface area contributed by atoms with Crippen molar-refractivity contribution in [1.29, 1.82) is 0 Å². The lowest BCUT2D eigenvalue weighted by Gasteiger charge is -2.38. The van der Waals surface area contributed by atoms with Crippen molar-refractivity contribution in [3.05, 3.63) is 0 Å². The van der Waals surface area contributed by atoms with Crippen LogP contribution in [0.1, 0.15) is 44.9 Å². The molecule has 1 heteroatoms. The third-order valence-corrected chi connectivity index (χ3v) is 3.57. The summed E-state index contributed by atoms with van der Waals surface area (Å²) in [5.74, 6) is 2.08. The van der Waals surface area contributed by atoms with Gasteiger partial charge in [-0.1, -0.05) is 32.1 Å². The van der Waals surface area contributed by atoms with Crippen molar-refractivity contribution in [1.82, 2.24) is 0 Å². The normalized spacial score (nSPS) is 40.1. The van der Waals surface area contributed by atoms with E-state index >= 15 is 0 Å². The smallest absolute Gasteiger partial charge is 0.00415 e. The zero-order chi connectivity index (χ0) is 7.68. The Hall–Kier alpha value is -0.0400. The van der Waals surface area contributed by atoms with Crippen molar-refractivity contribution < 1.29 is 0 Å². The second-order valence-electron chi connectivity index (χ2n) is 4.38. The number of nitrogens with two attached hydrogens (primary N) is 1. The Bertz CT molecular complexity index is 129. The third kappa shape index (κ3) is 1.58. The number of hydrogen-bond acceptors (Lipinski definition) is 1. The molecule has 0 heterocycles. The highest BCUT2D eigenvalue weighted by Crippen LogP contribution is 2.40. The molecule has 0 saturated heterocycles. The summed E-state index contributed by atoms with van der Waals surface area (Å²) in [6.45, 7) is 0. The van der Waals surface area contributed by atoms with Gasteiger partial charge in [0.2, 0.25) is 0 Å². The van der Waals surface area contributed by atoms with E-state index in [0.29, 0.717) is 6.04 Å². The first-order chi connectivity index (χ1) is 5.36. The Morgan fingerprint density at radius 1 is 0.818 bits per heavy atom. The van der Waals surface area contributed by atoms with Crippen molar-refractivity contribution in [3.8, 4) is 0 Å². The Balaban J connectivity index is 1.82. The molecule has 0 aromatic carbocycles. The topological polar surface area (TPSA) is 26.0 Å². The van der Waals surface area contributed by atoms with Gasteiger partial charge in [-0.2, -0.15) is 0 Å². The van der Waals surface area contributed by atoms with Crippen LogP contribution in [-0.2, 0) is 0 Å². The highest BCUT2D eigenvalue weighted by atomic mass is 14.6. The van der Waals surface area contributed by atoms with Gasteiger partial charge in [-0.15, -0.1) is 0 Å². The average Bonchev–Trinajstić information content (AvgIpc) is 1.83. The molecular formula is C10H19N. The maximum Gasteiger partial charge on any atom is 0.00415 e. The van der Waals surface area contributed by atoms with Crippen LogP contribution in [0.3, 0.4) is 0 Å². The largest absolute Gasteiger partial charge is 0.328 e. The molecule has 0 aliphatic heterocycles. The van der Waals surface area contributed by atoms with Gasteiger partial charge < -0.3 is 5.73 Å². The highest BCUT2D eigenvalue weighted by Gasteiger charge is 2.30. The zero-order valence-corrected chi connectivity index (χ0v) is 7.26. The lowest BCUT2D eigenvalue weighted by molar-refractivity contribution is 0.152. The molecule has 2 N–H and O–H groups in total. The third-order valence-electron chi connectivity index (χ3n) is 3.57. The summed E-state index contributed by atoms with van der Waals surface area (Å²) in [6.07, 6.45) is 9.94. The van der Waals surface area contributed by atoms with E-state index in [1.54, 1.807) is 0 Å². The molecule has 2 aliphatic rings. The first-order valence-electron chi connectivity index (χ1n) is 5.12. The summed E-state index contributed by atoms with van der Waals surface area (Å²) >= 11 is 0. The van der Waals surface area contributed by atoms with Crippen molar-refractivity contribution in [2.45, 2.75) is 51.0 Å². The van der Waals surface area contributed by atoms with Gasteiger partial charge >= 0.3 is 0 Å². The Morgan fingerprint density at radius 2 is 1.45 bits per heavy atom. The molecule has 2 unspecified atom stereocenters. The molecule has 0 spiro atoms. The van der Waals surface area contributed by atoms with E-state index in [9.17, 15) is 0 Å². The lowest BCUT2D eigenvalue weighted by atomic mass is 9.69. The van der Waals surface area contributed by atoms with Crippen LogP contribution in [0.15, 0.2) is 0 Å². The number of rotatable bonds is 1. The fourth-order valence-electron chi connectivity index (χ4n) is 2.61. The van der Waals surface area contributed by atoms with Crippen LogP contribution in [0.25, 0.3) is 0 Å². The Labute approximate surface area is 69.4 Å². The van der Waals surface area contributed by atoms with Crippen LogP contribution >= 0.6 is 0 Å². The molecule has 0 amide bonds. The molecule has 2 fully saturated rings. The van der Waals surface area contributed by atoms with Gasteiger partial charge in [-0.05, 0) is 24.7 Å². The molecule has 2 atom stereocenters. The molecule has 1 nitrogen and oxygen atoms in total. The number of hydrogen-bond donors (Lipinski definition) is 1. The van der Waals surface area contributed by atoms with Crippen molar-refractivity contribution in [3.63, 3.8) is 0 Å². The zero-order valence-electron chi connectivity index (χ0n) is 7.26. The second kappa shape index (κ2) is 3.14. The van der Waals surface area contributed by atoms with Crippen LogP contribution in [0.2, 0.25) is 0 Å². The highest BCUT2D eigenvalue weighted by molar-refractivity contribution is 4.83. The molecule has 2 aliphatic carbocycles. The van der Waals surface area contributed by atoms with E-state index < -0.39 is 0 Å². The minimum absolute atomic E-state index is 0.536. The van der Waals surface area contributed by atoms with Gasteiger partial charge in [0.1, 0.15) is 0 Å². The Kier molecular flexibility index (Phi) is 2.17. The minimum Gasteiger partial charge on any atom is -0.328 e. The molecule has 0 bridgehead atoms. The summed E-state index contributed by atoms with van der Waals surface area (Å²) in [6, 6.07) is 0.536. The molecule has 2 rings (SSSR count). The SMILES string of the molecule is NC1CCCC(C2CCC2)C1. The summed E-state index contributed by atoms with van der Waals surface area (Å²) in [4.78, 5) is 0. The monoisotopic (exact) mass is 153 g/mol. The molecule has 0 radical (unpaired) electrons. The molecule has 0 aromatic rings. The Morgan fingerprint density at radius 3 is 2.00 bits per heavy atom. The van der Waals surface area contributed by atoms with Crippen molar-refractivity contribution in [2.75, 3.05) is 0 Å².